The molecule has 1 saturated heterocycles. The molecule has 0 spiro atoms. The molecule has 1 aromatic carbocycles. The lowest BCUT2D eigenvalue weighted by atomic mass is 10.0. The summed E-state index contributed by atoms with van der Waals surface area (Å²) in [7, 11) is 0. The summed E-state index contributed by atoms with van der Waals surface area (Å²) in [5.41, 5.74) is 2.85. The SMILES string of the molecule is C/C1=C(N2CC3CCCC3C2)\N=C/c2c(n3c(sc4ccccc43)c(C(=O)O)c2=O)CC1. The number of aryl methyl sites for hydroxylation is 1. The smallest absolute Gasteiger partial charge is 0.342 e. The Hall–Kier alpha value is -2.93. The third kappa shape index (κ3) is 2.87. The van der Waals surface area contributed by atoms with Gasteiger partial charge in [-0.1, -0.05) is 18.6 Å². The van der Waals surface area contributed by atoms with Gasteiger partial charge in [-0.05, 0) is 62.1 Å². The van der Waals surface area contributed by atoms with Crippen LogP contribution < -0.4 is 5.43 Å². The van der Waals surface area contributed by atoms with Gasteiger partial charge >= 0.3 is 5.97 Å². The average Bonchev–Trinajstić information content (AvgIpc) is 3.44. The third-order valence-corrected chi connectivity index (χ3v) is 8.60. The molecule has 164 valence electrons. The lowest BCUT2D eigenvalue weighted by Gasteiger charge is -2.24. The van der Waals surface area contributed by atoms with Crippen molar-refractivity contribution in [1.82, 2.24) is 9.30 Å². The van der Waals surface area contributed by atoms with E-state index in [2.05, 4.69) is 11.8 Å². The Morgan fingerprint density at radius 1 is 1.16 bits per heavy atom. The number of thiazole rings is 1. The van der Waals surface area contributed by atoms with Crippen LogP contribution in [0, 0.1) is 11.8 Å². The topological polar surface area (TPSA) is 74.4 Å². The van der Waals surface area contributed by atoms with Crippen molar-refractivity contribution in [2.24, 2.45) is 16.8 Å². The van der Waals surface area contributed by atoms with Gasteiger partial charge in [-0.2, -0.15) is 0 Å². The van der Waals surface area contributed by atoms with Crippen LogP contribution in [0.25, 0.3) is 15.0 Å². The quantitative estimate of drug-likeness (QED) is 0.626. The fraction of sp³-hybridized carbons (Fsp3) is 0.400. The van der Waals surface area contributed by atoms with Gasteiger partial charge in [0.2, 0.25) is 5.43 Å². The van der Waals surface area contributed by atoms with Gasteiger partial charge in [-0.3, -0.25) is 4.79 Å². The number of allylic oxidation sites excluding steroid dienone is 1. The summed E-state index contributed by atoms with van der Waals surface area (Å²) < 4.78 is 2.95. The number of carboxylic acid groups (broad SMARTS) is 1. The maximum atomic E-state index is 13.4. The van der Waals surface area contributed by atoms with Crippen LogP contribution in [0.1, 0.15) is 54.2 Å². The molecule has 1 N–H and O–H groups in total. The van der Waals surface area contributed by atoms with Crippen molar-refractivity contribution in [2.45, 2.75) is 39.0 Å². The zero-order valence-electron chi connectivity index (χ0n) is 18.0. The first-order valence-corrected chi connectivity index (χ1v) is 12.2. The van der Waals surface area contributed by atoms with Crippen LogP contribution in [0.5, 0.6) is 0 Å². The molecular weight excluding hydrogens is 422 g/mol. The van der Waals surface area contributed by atoms with Crippen LogP contribution in [0.4, 0.5) is 0 Å². The van der Waals surface area contributed by atoms with E-state index in [1.807, 2.05) is 28.7 Å². The Bertz CT molecular complexity index is 1380. The van der Waals surface area contributed by atoms with Gasteiger partial charge in [0.1, 0.15) is 16.2 Å². The normalized spacial score (nSPS) is 26.2. The molecule has 0 bridgehead atoms. The minimum absolute atomic E-state index is 0.157. The lowest BCUT2D eigenvalue weighted by molar-refractivity contribution is 0.0697. The maximum absolute atomic E-state index is 13.4. The minimum atomic E-state index is -1.18. The zero-order valence-corrected chi connectivity index (χ0v) is 18.8. The first-order valence-electron chi connectivity index (χ1n) is 11.3. The van der Waals surface area contributed by atoms with Crippen LogP contribution in [0.3, 0.4) is 0 Å². The van der Waals surface area contributed by atoms with Crippen LogP contribution in [-0.4, -0.2) is 39.7 Å². The molecule has 6 rings (SSSR count). The van der Waals surface area contributed by atoms with Gasteiger partial charge < -0.3 is 14.4 Å². The molecular formula is C25H25N3O3S. The molecule has 7 heteroatoms. The molecule has 2 aliphatic heterocycles. The lowest BCUT2D eigenvalue weighted by Crippen LogP contribution is -2.26. The number of para-hydroxylation sites is 1. The number of rotatable bonds is 2. The minimum Gasteiger partial charge on any atom is -0.477 e. The Kier molecular flexibility index (Phi) is 4.50. The largest absolute Gasteiger partial charge is 0.477 e. The molecule has 2 fully saturated rings. The second-order valence-electron chi connectivity index (χ2n) is 9.30. The molecule has 2 unspecified atom stereocenters. The number of nitrogens with zero attached hydrogens (tertiary/aromatic N) is 3. The van der Waals surface area contributed by atoms with Gasteiger partial charge in [0.05, 0.1) is 15.8 Å². The molecule has 6 nitrogen and oxygen atoms in total. The van der Waals surface area contributed by atoms with E-state index in [1.54, 1.807) is 6.21 Å². The predicted octanol–water partition coefficient (Wildman–Crippen LogP) is 4.54. The number of aromatic nitrogens is 1. The van der Waals surface area contributed by atoms with Crippen LogP contribution in [0.15, 0.2) is 45.4 Å². The average molecular weight is 448 g/mol. The highest BCUT2D eigenvalue weighted by atomic mass is 32.1. The molecule has 2 atom stereocenters. The van der Waals surface area contributed by atoms with Crippen molar-refractivity contribution in [1.29, 1.82) is 0 Å². The number of hydrogen-bond donors (Lipinski definition) is 1. The fourth-order valence-corrected chi connectivity index (χ4v) is 7.08. The Morgan fingerprint density at radius 3 is 2.66 bits per heavy atom. The maximum Gasteiger partial charge on any atom is 0.342 e. The summed E-state index contributed by atoms with van der Waals surface area (Å²) in [6.07, 6.45) is 7.03. The number of likely N-dealkylation sites (tertiary alicyclic amines) is 1. The highest BCUT2D eigenvalue weighted by Crippen LogP contribution is 2.40. The number of carbonyl (C=O) groups is 1. The number of hydrogen-bond acceptors (Lipinski definition) is 5. The second-order valence-corrected chi connectivity index (χ2v) is 10.3. The van der Waals surface area contributed by atoms with Gasteiger partial charge in [0, 0.05) is 25.0 Å². The Labute approximate surface area is 189 Å². The molecule has 2 aromatic heterocycles. The number of aromatic carboxylic acids is 1. The number of pyridine rings is 1. The molecule has 3 aromatic rings. The number of benzene rings is 1. The van der Waals surface area contributed by atoms with E-state index in [9.17, 15) is 14.7 Å². The van der Waals surface area contributed by atoms with Gasteiger partial charge in [0.15, 0.2) is 0 Å². The van der Waals surface area contributed by atoms with Crippen molar-refractivity contribution in [3.05, 3.63) is 62.7 Å². The van der Waals surface area contributed by atoms with E-state index in [0.29, 0.717) is 16.8 Å². The first kappa shape index (κ1) is 19.7. The van der Waals surface area contributed by atoms with Crippen molar-refractivity contribution in [3.63, 3.8) is 0 Å². The molecule has 4 heterocycles. The monoisotopic (exact) mass is 447 g/mol. The highest BCUT2D eigenvalue weighted by molar-refractivity contribution is 7.24. The molecule has 1 saturated carbocycles. The van der Waals surface area contributed by atoms with Gasteiger partial charge in [-0.15, -0.1) is 11.3 Å². The standard InChI is InChI=1S/C25H25N3O3S/c1-14-9-10-18-17(11-26-23(14)27-12-15-5-4-6-16(15)13-27)22(29)21(25(30)31)24-28(18)19-7-2-3-8-20(19)32-24/h2-3,7-8,11,15-16H,4-6,9-10,12-13H2,1H3,(H,30,31)/b23-14-,26-11-. The summed E-state index contributed by atoms with van der Waals surface area (Å²) >= 11 is 1.36. The van der Waals surface area contributed by atoms with Crippen molar-refractivity contribution in [3.8, 4) is 0 Å². The molecule has 0 amide bonds. The van der Waals surface area contributed by atoms with Crippen molar-refractivity contribution >= 4 is 38.6 Å². The van der Waals surface area contributed by atoms with E-state index in [-0.39, 0.29) is 5.56 Å². The molecule has 0 radical (unpaired) electrons. The van der Waals surface area contributed by atoms with Crippen LogP contribution in [-0.2, 0) is 6.42 Å². The first-order chi connectivity index (χ1) is 15.5. The van der Waals surface area contributed by atoms with E-state index in [4.69, 9.17) is 4.99 Å². The van der Waals surface area contributed by atoms with Gasteiger partial charge in [-0.25, -0.2) is 9.79 Å². The van der Waals surface area contributed by atoms with E-state index < -0.39 is 11.4 Å². The summed E-state index contributed by atoms with van der Waals surface area (Å²) in [6.45, 7) is 4.22. The molecule has 32 heavy (non-hydrogen) atoms. The zero-order chi connectivity index (χ0) is 22.0. The van der Waals surface area contributed by atoms with E-state index in [1.165, 1.54) is 36.2 Å². The number of aliphatic imine (C=N–C) groups is 1. The van der Waals surface area contributed by atoms with Crippen molar-refractivity contribution in [2.75, 3.05) is 13.1 Å². The summed E-state index contributed by atoms with van der Waals surface area (Å²) in [4.78, 5) is 33.2. The highest BCUT2D eigenvalue weighted by Gasteiger charge is 2.37. The summed E-state index contributed by atoms with van der Waals surface area (Å²) in [6, 6.07) is 7.85. The third-order valence-electron chi connectivity index (χ3n) is 7.46. The predicted molar refractivity (Wildman–Crippen MR) is 127 cm³/mol. The molecule has 3 aliphatic rings. The van der Waals surface area contributed by atoms with Gasteiger partial charge in [0.25, 0.3) is 0 Å². The summed E-state index contributed by atoms with van der Waals surface area (Å²) in [5.74, 6) is 1.30. The second kappa shape index (κ2) is 7.30. The number of fused-ring (bicyclic) bond motifs is 6. The van der Waals surface area contributed by atoms with E-state index >= 15 is 0 Å². The van der Waals surface area contributed by atoms with Crippen LogP contribution in [0.2, 0.25) is 0 Å². The van der Waals surface area contributed by atoms with E-state index in [0.717, 1.165) is 53.1 Å². The fourth-order valence-electron chi connectivity index (χ4n) is 5.88. The molecule has 1 aliphatic carbocycles. The Balaban J connectivity index is 1.54. The number of carboxylic acids is 1. The van der Waals surface area contributed by atoms with Crippen molar-refractivity contribution < 1.29 is 9.90 Å². The summed E-state index contributed by atoms with van der Waals surface area (Å²) in [5, 5.41) is 9.91. The Morgan fingerprint density at radius 2 is 1.91 bits per heavy atom. The van der Waals surface area contributed by atoms with Crippen LogP contribution >= 0.6 is 11.3 Å².